The number of methoxy groups -OCH3 is 1. The van der Waals surface area contributed by atoms with Crippen molar-refractivity contribution in [3.05, 3.63) is 65.2 Å². The second kappa shape index (κ2) is 7.53. The zero-order valence-corrected chi connectivity index (χ0v) is 12.9. The van der Waals surface area contributed by atoms with Crippen LogP contribution in [0, 0.1) is 0 Å². The summed E-state index contributed by atoms with van der Waals surface area (Å²) in [5.41, 5.74) is 3.66. The minimum Gasteiger partial charge on any atom is -0.493 e. The van der Waals surface area contributed by atoms with Gasteiger partial charge >= 0.3 is 0 Å². The number of hydrogen-bond donors (Lipinski definition) is 0. The highest BCUT2D eigenvalue weighted by molar-refractivity contribution is 5.57. The van der Waals surface area contributed by atoms with E-state index in [1.54, 1.807) is 7.11 Å². The summed E-state index contributed by atoms with van der Waals surface area (Å²) in [5.74, 6) is 1.57. The highest BCUT2D eigenvalue weighted by atomic mass is 16.5. The Kier molecular flexibility index (Phi) is 5.44. The van der Waals surface area contributed by atoms with Crippen LogP contribution in [0.4, 0.5) is 0 Å². The van der Waals surface area contributed by atoms with E-state index in [-0.39, 0.29) is 0 Å². The third kappa shape index (κ3) is 4.67. The van der Waals surface area contributed by atoms with E-state index in [9.17, 15) is 0 Å². The average Bonchev–Trinajstić information content (AvgIpc) is 2.48. The Hall–Kier alpha value is -2.22. The first kappa shape index (κ1) is 15.2. The Bertz CT molecular complexity index is 596. The summed E-state index contributed by atoms with van der Waals surface area (Å²) >= 11 is 0. The molecule has 2 aromatic rings. The van der Waals surface area contributed by atoms with Gasteiger partial charge in [0.05, 0.1) is 13.7 Å². The fraction of sp³-hybridized carbons (Fsp3) is 0.263. The van der Waals surface area contributed by atoms with Crippen LogP contribution in [0.3, 0.4) is 0 Å². The first-order chi connectivity index (χ1) is 10.2. The smallest absolute Gasteiger partial charge is 0.161 e. The van der Waals surface area contributed by atoms with Crippen LogP contribution in [-0.4, -0.2) is 13.7 Å². The lowest BCUT2D eigenvalue weighted by molar-refractivity contribution is 0.297. The second-order valence-corrected chi connectivity index (χ2v) is 5.22. The third-order valence-corrected chi connectivity index (χ3v) is 3.13. The largest absolute Gasteiger partial charge is 0.493 e. The average molecular weight is 282 g/mol. The van der Waals surface area contributed by atoms with E-state index in [0.717, 1.165) is 23.5 Å². The van der Waals surface area contributed by atoms with Crippen LogP contribution in [0.25, 0.3) is 6.08 Å². The Labute approximate surface area is 127 Å². The first-order valence-electron chi connectivity index (χ1n) is 7.18. The topological polar surface area (TPSA) is 18.5 Å². The molecule has 0 aliphatic heterocycles. The van der Waals surface area contributed by atoms with Crippen molar-refractivity contribution in [2.45, 2.75) is 20.3 Å². The highest BCUT2D eigenvalue weighted by Crippen LogP contribution is 2.29. The van der Waals surface area contributed by atoms with Gasteiger partial charge in [-0.25, -0.2) is 0 Å². The quantitative estimate of drug-likeness (QED) is 0.762. The van der Waals surface area contributed by atoms with E-state index in [1.807, 2.05) is 36.4 Å². The zero-order chi connectivity index (χ0) is 15.1. The SMILES string of the molecule is COc1ccc(C=C(C)C)cc1OCCc1ccccc1. The van der Waals surface area contributed by atoms with Gasteiger partial charge in [0, 0.05) is 6.42 Å². The first-order valence-corrected chi connectivity index (χ1v) is 7.18. The number of benzene rings is 2. The fourth-order valence-electron chi connectivity index (χ4n) is 2.15. The van der Waals surface area contributed by atoms with Gasteiger partial charge in [0.25, 0.3) is 0 Å². The van der Waals surface area contributed by atoms with Crippen molar-refractivity contribution in [3.63, 3.8) is 0 Å². The van der Waals surface area contributed by atoms with Gasteiger partial charge in [0.15, 0.2) is 11.5 Å². The molecule has 0 atom stereocenters. The van der Waals surface area contributed by atoms with Crippen LogP contribution in [0.5, 0.6) is 11.5 Å². The summed E-state index contributed by atoms with van der Waals surface area (Å²) in [6.07, 6.45) is 3.01. The van der Waals surface area contributed by atoms with Gasteiger partial charge in [-0.1, -0.05) is 48.0 Å². The lowest BCUT2D eigenvalue weighted by Crippen LogP contribution is -2.02. The maximum absolute atomic E-state index is 5.90. The molecular formula is C19H22O2. The van der Waals surface area contributed by atoms with Crippen LogP contribution in [0.1, 0.15) is 25.0 Å². The third-order valence-electron chi connectivity index (χ3n) is 3.13. The lowest BCUT2D eigenvalue weighted by atomic mass is 10.1. The Morgan fingerprint density at radius 3 is 2.43 bits per heavy atom. The molecule has 0 N–H and O–H groups in total. The van der Waals surface area contributed by atoms with E-state index in [0.29, 0.717) is 6.61 Å². The molecule has 0 aliphatic carbocycles. The van der Waals surface area contributed by atoms with Gasteiger partial charge < -0.3 is 9.47 Å². The molecule has 0 radical (unpaired) electrons. The fourth-order valence-corrected chi connectivity index (χ4v) is 2.15. The van der Waals surface area contributed by atoms with Crippen LogP contribution >= 0.6 is 0 Å². The summed E-state index contributed by atoms with van der Waals surface area (Å²) < 4.78 is 11.3. The van der Waals surface area contributed by atoms with E-state index in [4.69, 9.17) is 9.47 Å². The van der Waals surface area contributed by atoms with Gasteiger partial charge in [0.2, 0.25) is 0 Å². The van der Waals surface area contributed by atoms with Gasteiger partial charge in [-0.3, -0.25) is 0 Å². The van der Waals surface area contributed by atoms with Crippen LogP contribution in [0.15, 0.2) is 54.1 Å². The predicted molar refractivity (Wildman–Crippen MR) is 88.0 cm³/mol. The highest BCUT2D eigenvalue weighted by Gasteiger charge is 2.05. The zero-order valence-electron chi connectivity index (χ0n) is 12.9. The van der Waals surface area contributed by atoms with E-state index < -0.39 is 0 Å². The molecule has 0 amide bonds. The van der Waals surface area contributed by atoms with Crippen molar-refractivity contribution in [2.24, 2.45) is 0 Å². The summed E-state index contributed by atoms with van der Waals surface area (Å²) in [5, 5.41) is 0. The standard InChI is InChI=1S/C19H22O2/c1-15(2)13-17-9-10-18(20-3)19(14-17)21-12-11-16-7-5-4-6-8-16/h4-10,13-14H,11-12H2,1-3H3. The molecule has 0 aromatic heterocycles. The Balaban J connectivity index is 2.05. The number of ether oxygens (including phenoxy) is 2. The molecular weight excluding hydrogens is 260 g/mol. The summed E-state index contributed by atoms with van der Waals surface area (Å²) in [7, 11) is 1.67. The summed E-state index contributed by atoms with van der Waals surface area (Å²) in [4.78, 5) is 0. The van der Waals surface area contributed by atoms with Crippen LogP contribution in [-0.2, 0) is 6.42 Å². The molecule has 0 heterocycles. The molecule has 2 heteroatoms. The summed E-state index contributed by atoms with van der Waals surface area (Å²) in [6, 6.07) is 16.4. The molecule has 2 rings (SSSR count). The Morgan fingerprint density at radius 1 is 1.00 bits per heavy atom. The van der Waals surface area contributed by atoms with Crippen molar-refractivity contribution in [2.75, 3.05) is 13.7 Å². The van der Waals surface area contributed by atoms with Crippen LogP contribution in [0.2, 0.25) is 0 Å². The molecule has 0 fully saturated rings. The number of rotatable bonds is 6. The van der Waals surface area contributed by atoms with Gasteiger partial charge in [0.1, 0.15) is 0 Å². The second-order valence-electron chi connectivity index (χ2n) is 5.22. The minimum atomic E-state index is 0.638. The monoisotopic (exact) mass is 282 g/mol. The number of hydrogen-bond acceptors (Lipinski definition) is 2. The molecule has 0 aliphatic rings. The van der Waals surface area contributed by atoms with Crippen molar-refractivity contribution in [3.8, 4) is 11.5 Å². The lowest BCUT2D eigenvalue weighted by Gasteiger charge is -2.11. The number of allylic oxidation sites excluding steroid dienone is 1. The molecule has 0 spiro atoms. The van der Waals surface area contributed by atoms with Gasteiger partial charge in [-0.05, 0) is 37.1 Å². The van der Waals surface area contributed by atoms with Crippen molar-refractivity contribution < 1.29 is 9.47 Å². The molecule has 2 aromatic carbocycles. The molecule has 0 saturated heterocycles. The predicted octanol–water partition coefficient (Wildman–Crippen LogP) is 4.74. The van der Waals surface area contributed by atoms with Gasteiger partial charge in [-0.15, -0.1) is 0 Å². The summed E-state index contributed by atoms with van der Waals surface area (Å²) in [6.45, 7) is 4.80. The van der Waals surface area contributed by atoms with E-state index in [2.05, 4.69) is 32.1 Å². The normalized spacial score (nSPS) is 10.0. The maximum atomic E-state index is 5.90. The van der Waals surface area contributed by atoms with Crippen LogP contribution < -0.4 is 9.47 Å². The molecule has 21 heavy (non-hydrogen) atoms. The van der Waals surface area contributed by atoms with Gasteiger partial charge in [-0.2, -0.15) is 0 Å². The minimum absolute atomic E-state index is 0.638. The maximum Gasteiger partial charge on any atom is 0.161 e. The molecule has 110 valence electrons. The Morgan fingerprint density at radius 2 is 1.76 bits per heavy atom. The van der Waals surface area contributed by atoms with E-state index in [1.165, 1.54) is 11.1 Å². The van der Waals surface area contributed by atoms with E-state index >= 15 is 0 Å². The molecule has 0 bridgehead atoms. The molecule has 0 saturated carbocycles. The molecule has 0 unspecified atom stereocenters. The van der Waals surface area contributed by atoms with Crippen molar-refractivity contribution >= 4 is 6.08 Å². The van der Waals surface area contributed by atoms with Crippen molar-refractivity contribution in [1.29, 1.82) is 0 Å². The van der Waals surface area contributed by atoms with Crippen molar-refractivity contribution in [1.82, 2.24) is 0 Å². The molecule has 2 nitrogen and oxygen atoms in total.